The van der Waals surface area contributed by atoms with Crippen molar-refractivity contribution in [3.8, 4) is 23.6 Å². The molecule has 0 bridgehead atoms. The number of benzene rings is 1. The zero-order valence-corrected chi connectivity index (χ0v) is 14.5. The molecule has 1 aromatic carbocycles. The Kier molecular flexibility index (Phi) is 6.13. The lowest BCUT2D eigenvalue weighted by atomic mass is 10.2. The molecular weight excluding hydrogens is 364 g/mol. The Hall–Kier alpha value is -1.68. The Balaban J connectivity index is 2.20. The van der Waals surface area contributed by atoms with Gasteiger partial charge in [0.25, 0.3) is 0 Å². The summed E-state index contributed by atoms with van der Waals surface area (Å²) in [6.45, 7) is 1.06. The fourth-order valence-corrected chi connectivity index (χ4v) is 2.99. The second kappa shape index (κ2) is 8.08. The molecule has 1 aromatic heterocycles. The highest BCUT2D eigenvalue weighted by atomic mass is 79.9. The first-order chi connectivity index (χ1) is 10.7. The average molecular weight is 379 g/mol. The van der Waals surface area contributed by atoms with Crippen molar-refractivity contribution in [2.45, 2.75) is 6.42 Å². The number of methoxy groups -OCH3 is 1. The van der Waals surface area contributed by atoms with Crippen molar-refractivity contribution in [1.29, 1.82) is 0 Å². The first kappa shape index (κ1) is 16.7. The van der Waals surface area contributed by atoms with Crippen LogP contribution in [0, 0.1) is 12.3 Å². The number of hydrogen-bond acceptors (Lipinski definition) is 4. The molecule has 0 aliphatic heterocycles. The smallest absolute Gasteiger partial charge is 0.304 e. The molecular formula is C16H15BrN2O2S. The van der Waals surface area contributed by atoms with Gasteiger partial charge in [0.15, 0.2) is 5.13 Å². The van der Waals surface area contributed by atoms with Crippen LogP contribution in [0.1, 0.15) is 6.42 Å². The summed E-state index contributed by atoms with van der Waals surface area (Å²) in [6.07, 6.45) is 5.95. The van der Waals surface area contributed by atoms with Gasteiger partial charge in [-0.25, -0.2) is 4.98 Å². The minimum atomic E-state index is -0.382. The lowest BCUT2D eigenvalue weighted by Crippen LogP contribution is -2.31. The number of thiazole rings is 1. The minimum Gasteiger partial charge on any atom is -0.385 e. The van der Waals surface area contributed by atoms with Crippen LogP contribution in [-0.2, 0) is 9.53 Å². The first-order valence-corrected chi connectivity index (χ1v) is 8.31. The quantitative estimate of drug-likeness (QED) is 0.569. The number of carbonyl (C=O) groups excluding carboxylic acids is 1. The third-order valence-corrected chi connectivity index (χ3v) is 4.35. The first-order valence-electron chi connectivity index (χ1n) is 6.64. The van der Waals surface area contributed by atoms with E-state index < -0.39 is 0 Å². The summed E-state index contributed by atoms with van der Waals surface area (Å²) in [5.41, 5.74) is 1.82. The molecule has 0 saturated heterocycles. The molecule has 22 heavy (non-hydrogen) atoms. The molecule has 2 aromatic rings. The van der Waals surface area contributed by atoms with Gasteiger partial charge in [0.2, 0.25) is 0 Å². The Morgan fingerprint density at radius 2 is 2.18 bits per heavy atom. The van der Waals surface area contributed by atoms with Gasteiger partial charge in [0, 0.05) is 35.7 Å². The topological polar surface area (TPSA) is 42.4 Å². The Labute approximate surface area is 142 Å². The standard InChI is InChI=1S/C16H15BrN2O2S/c1-3-15(20)19(9-4-10-21-2)16-18-14(11-22-16)12-5-7-13(17)8-6-12/h1,5-8,11H,4,9-10H2,2H3. The van der Waals surface area contributed by atoms with Crippen LogP contribution in [0.2, 0.25) is 0 Å². The summed E-state index contributed by atoms with van der Waals surface area (Å²) in [4.78, 5) is 18.0. The second-order valence-electron chi connectivity index (χ2n) is 4.47. The van der Waals surface area contributed by atoms with Gasteiger partial charge in [-0.1, -0.05) is 28.1 Å². The predicted molar refractivity (Wildman–Crippen MR) is 92.9 cm³/mol. The number of rotatable bonds is 6. The summed E-state index contributed by atoms with van der Waals surface area (Å²) in [5.74, 6) is 1.77. The minimum absolute atomic E-state index is 0.382. The molecule has 0 spiro atoms. The van der Waals surface area contributed by atoms with Crippen molar-refractivity contribution >= 4 is 38.3 Å². The summed E-state index contributed by atoms with van der Waals surface area (Å²) < 4.78 is 6.03. The molecule has 0 atom stereocenters. The molecule has 0 fully saturated rings. The number of aromatic nitrogens is 1. The summed E-state index contributed by atoms with van der Waals surface area (Å²) in [5, 5.41) is 2.53. The highest BCUT2D eigenvalue weighted by Crippen LogP contribution is 2.28. The van der Waals surface area contributed by atoms with Gasteiger partial charge in [-0.05, 0) is 24.5 Å². The largest absolute Gasteiger partial charge is 0.385 e. The van der Waals surface area contributed by atoms with Crippen LogP contribution < -0.4 is 4.90 Å². The van der Waals surface area contributed by atoms with Gasteiger partial charge in [0.1, 0.15) is 0 Å². The zero-order valence-electron chi connectivity index (χ0n) is 12.1. The monoisotopic (exact) mass is 378 g/mol. The maximum atomic E-state index is 11.9. The van der Waals surface area contributed by atoms with Crippen LogP contribution in [0.25, 0.3) is 11.3 Å². The van der Waals surface area contributed by atoms with Gasteiger partial charge >= 0.3 is 5.91 Å². The van der Waals surface area contributed by atoms with E-state index in [-0.39, 0.29) is 5.91 Å². The van der Waals surface area contributed by atoms with E-state index in [4.69, 9.17) is 11.2 Å². The van der Waals surface area contributed by atoms with Crippen LogP contribution in [0.3, 0.4) is 0 Å². The molecule has 2 rings (SSSR count). The van der Waals surface area contributed by atoms with Crippen LogP contribution in [0.15, 0.2) is 34.1 Å². The number of nitrogens with zero attached hydrogens (tertiary/aromatic N) is 2. The Morgan fingerprint density at radius 3 is 2.82 bits per heavy atom. The van der Waals surface area contributed by atoms with Crippen LogP contribution in [-0.4, -0.2) is 31.2 Å². The molecule has 1 amide bonds. The maximum Gasteiger partial charge on any atom is 0.304 e. The highest BCUT2D eigenvalue weighted by Gasteiger charge is 2.17. The van der Waals surface area contributed by atoms with E-state index in [0.29, 0.717) is 24.7 Å². The molecule has 0 radical (unpaired) electrons. The lowest BCUT2D eigenvalue weighted by Gasteiger charge is -2.16. The summed E-state index contributed by atoms with van der Waals surface area (Å²) in [6, 6.07) is 7.86. The third-order valence-electron chi connectivity index (χ3n) is 2.96. The van der Waals surface area contributed by atoms with Crippen molar-refractivity contribution in [2.24, 2.45) is 0 Å². The molecule has 4 nitrogen and oxygen atoms in total. The van der Waals surface area contributed by atoms with E-state index in [0.717, 1.165) is 15.7 Å². The van der Waals surface area contributed by atoms with Crippen molar-refractivity contribution in [2.75, 3.05) is 25.2 Å². The van der Waals surface area contributed by atoms with E-state index in [2.05, 4.69) is 26.8 Å². The van der Waals surface area contributed by atoms with Gasteiger partial charge in [-0.15, -0.1) is 17.8 Å². The van der Waals surface area contributed by atoms with Crippen LogP contribution >= 0.6 is 27.3 Å². The molecule has 114 valence electrons. The van der Waals surface area contributed by atoms with E-state index in [1.807, 2.05) is 29.6 Å². The van der Waals surface area contributed by atoms with Crippen molar-refractivity contribution < 1.29 is 9.53 Å². The predicted octanol–water partition coefficient (Wildman–Crippen LogP) is 3.58. The van der Waals surface area contributed by atoms with Crippen molar-refractivity contribution in [1.82, 2.24) is 4.98 Å². The number of ether oxygens (including phenoxy) is 1. The van der Waals surface area contributed by atoms with Crippen LogP contribution in [0.4, 0.5) is 5.13 Å². The Bertz CT molecular complexity index is 676. The van der Waals surface area contributed by atoms with Crippen molar-refractivity contribution in [3.63, 3.8) is 0 Å². The lowest BCUT2D eigenvalue weighted by molar-refractivity contribution is -0.113. The molecule has 0 saturated carbocycles. The second-order valence-corrected chi connectivity index (χ2v) is 6.22. The third kappa shape index (κ3) is 4.17. The molecule has 0 N–H and O–H groups in total. The SMILES string of the molecule is C#CC(=O)N(CCCOC)c1nc(-c2ccc(Br)cc2)cs1. The summed E-state index contributed by atoms with van der Waals surface area (Å²) in [7, 11) is 1.63. The van der Waals surface area contributed by atoms with E-state index >= 15 is 0 Å². The number of terminal acetylenes is 1. The van der Waals surface area contributed by atoms with Gasteiger partial charge < -0.3 is 4.74 Å². The molecule has 0 unspecified atom stereocenters. The Morgan fingerprint density at radius 1 is 1.45 bits per heavy atom. The average Bonchev–Trinajstić information content (AvgIpc) is 3.01. The number of anilines is 1. The summed E-state index contributed by atoms with van der Waals surface area (Å²) >= 11 is 4.81. The molecule has 1 heterocycles. The number of carbonyl (C=O) groups is 1. The maximum absolute atomic E-state index is 11.9. The van der Waals surface area contributed by atoms with Crippen LogP contribution in [0.5, 0.6) is 0 Å². The number of hydrogen-bond donors (Lipinski definition) is 0. The fraction of sp³-hybridized carbons (Fsp3) is 0.250. The molecule has 0 aliphatic rings. The van der Waals surface area contributed by atoms with E-state index in [1.165, 1.54) is 16.2 Å². The highest BCUT2D eigenvalue weighted by molar-refractivity contribution is 9.10. The fourth-order valence-electron chi connectivity index (χ4n) is 1.87. The molecule has 0 aliphatic carbocycles. The van der Waals surface area contributed by atoms with E-state index in [1.54, 1.807) is 7.11 Å². The number of amides is 1. The van der Waals surface area contributed by atoms with E-state index in [9.17, 15) is 4.79 Å². The molecule has 6 heteroatoms. The van der Waals surface area contributed by atoms with Gasteiger partial charge in [-0.2, -0.15) is 0 Å². The normalized spacial score (nSPS) is 10.2. The van der Waals surface area contributed by atoms with Gasteiger partial charge in [-0.3, -0.25) is 9.69 Å². The van der Waals surface area contributed by atoms with Crippen molar-refractivity contribution in [3.05, 3.63) is 34.1 Å². The number of halogens is 1. The zero-order chi connectivity index (χ0) is 15.9. The van der Waals surface area contributed by atoms with Gasteiger partial charge in [0.05, 0.1) is 5.69 Å².